The van der Waals surface area contributed by atoms with Gasteiger partial charge >= 0.3 is 0 Å². The lowest BCUT2D eigenvalue weighted by Crippen LogP contribution is -2.29. The molecule has 1 N–H and O–H groups in total. The Bertz CT molecular complexity index is 621. The molecular formula is C18H21N3S. The molecule has 2 heterocycles. The summed E-state index contributed by atoms with van der Waals surface area (Å²) in [7, 11) is 0. The van der Waals surface area contributed by atoms with Gasteiger partial charge in [0.1, 0.15) is 4.99 Å². The van der Waals surface area contributed by atoms with Gasteiger partial charge in [-0.2, -0.15) is 0 Å². The van der Waals surface area contributed by atoms with Gasteiger partial charge in [0.15, 0.2) is 0 Å². The number of pyridine rings is 1. The van der Waals surface area contributed by atoms with Crippen molar-refractivity contribution in [2.75, 3.05) is 18.4 Å². The molecule has 3 rings (SSSR count). The second kappa shape index (κ2) is 7.47. The summed E-state index contributed by atoms with van der Waals surface area (Å²) in [5, 5.41) is 3.29. The maximum absolute atomic E-state index is 5.42. The van der Waals surface area contributed by atoms with Crippen LogP contribution in [-0.4, -0.2) is 28.0 Å². The number of aromatic nitrogens is 1. The number of hydrogen-bond donors (Lipinski definition) is 1. The van der Waals surface area contributed by atoms with Crippen LogP contribution in [0.25, 0.3) is 0 Å². The van der Waals surface area contributed by atoms with Gasteiger partial charge in [0.05, 0.1) is 5.69 Å². The molecule has 1 aromatic carbocycles. The number of anilines is 1. The highest BCUT2D eigenvalue weighted by atomic mass is 32.1. The van der Waals surface area contributed by atoms with Crippen LogP contribution in [0.1, 0.15) is 30.5 Å². The first-order valence-corrected chi connectivity index (χ1v) is 8.26. The number of nitrogens with zero attached hydrogens (tertiary/aromatic N) is 2. The molecule has 3 nitrogen and oxygen atoms in total. The van der Waals surface area contributed by atoms with Crippen molar-refractivity contribution < 1.29 is 0 Å². The van der Waals surface area contributed by atoms with E-state index in [4.69, 9.17) is 12.2 Å². The van der Waals surface area contributed by atoms with Gasteiger partial charge < -0.3 is 5.32 Å². The number of nitrogens with one attached hydrogen (secondary N) is 1. The maximum atomic E-state index is 5.42. The van der Waals surface area contributed by atoms with Crippen LogP contribution >= 0.6 is 12.2 Å². The molecule has 0 amide bonds. The highest BCUT2D eigenvalue weighted by molar-refractivity contribution is 7.81. The molecule has 114 valence electrons. The van der Waals surface area contributed by atoms with Crippen LogP contribution in [-0.2, 0) is 6.54 Å². The molecule has 1 aliphatic rings. The largest absolute Gasteiger partial charge is 0.345 e. The third kappa shape index (κ3) is 4.12. The van der Waals surface area contributed by atoms with E-state index in [9.17, 15) is 0 Å². The number of likely N-dealkylation sites (tertiary alicyclic amines) is 1. The first-order valence-electron chi connectivity index (χ1n) is 7.85. The summed E-state index contributed by atoms with van der Waals surface area (Å²) in [6.45, 7) is 3.44. The highest BCUT2D eigenvalue weighted by Gasteiger charge is 2.10. The molecule has 1 fully saturated rings. The summed E-state index contributed by atoms with van der Waals surface area (Å²) in [5.41, 5.74) is 3.17. The molecular weight excluding hydrogens is 290 g/mol. The van der Waals surface area contributed by atoms with Crippen LogP contribution in [0.5, 0.6) is 0 Å². The fraction of sp³-hybridized carbons (Fsp3) is 0.333. The topological polar surface area (TPSA) is 28.2 Å². The molecule has 4 heteroatoms. The summed E-state index contributed by atoms with van der Waals surface area (Å²) in [5.74, 6) is 0. The molecule has 0 saturated carbocycles. The first kappa shape index (κ1) is 15.1. The van der Waals surface area contributed by atoms with Gasteiger partial charge in [0, 0.05) is 18.4 Å². The molecule has 1 aliphatic heterocycles. The van der Waals surface area contributed by atoms with Crippen LogP contribution in [0, 0.1) is 0 Å². The average Bonchev–Trinajstić information content (AvgIpc) is 2.57. The number of benzene rings is 1. The van der Waals surface area contributed by atoms with Crippen molar-refractivity contribution in [1.29, 1.82) is 0 Å². The second-order valence-corrected chi connectivity index (χ2v) is 6.11. The third-order valence-corrected chi connectivity index (χ3v) is 4.25. The van der Waals surface area contributed by atoms with Crippen LogP contribution in [0.3, 0.4) is 0 Å². The van der Waals surface area contributed by atoms with E-state index >= 15 is 0 Å². The van der Waals surface area contributed by atoms with E-state index in [2.05, 4.69) is 39.5 Å². The van der Waals surface area contributed by atoms with Gasteiger partial charge in [0.25, 0.3) is 0 Å². The van der Waals surface area contributed by atoms with E-state index in [-0.39, 0.29) is 0 Å². The van der Waals surface area contributed by atoms with Crippen molar-refractivity contribution in [2.45, 2.75) is 25.8 Å². The minimum atomic E-state index is 0.663. The normalized spacial score (nSPS) is 15.5. The van der Waals surface area contributed by atoms with Gasteiger partial charge in [-0.15, -0.1) is 0 Å². The number of piperidine rings is 1. The smallest absolute Gasteiger partial charge is 0.129 e. The Balaban J connectivity index is 1.64. The standard InChI is InChI=1S/C18H21N3S/c22-18(17-9-2-3-10-19-17)20-16-8-6-7-15(13-16)14-21-11-4-1-5-12-21/h2-3,6-10,13H,1,4-5,11-12,14H2,(H,20,22). The zero-order chi connectivity index (χ0) is 15.2. The van der Waals surface area contributed by atoms with Crippen molar-refractivity contribution in [3.63, 3.8) is 0 Å². The van der Waals surface area contributed by atoms with Crippen molar-refractivity contribution in [3.05, 3.63) is 59.9 Å². The van der Waals surface area contributed by atoms with Gasteiger partial charge in [-0.05, 0) is 55.8 Å². The van der Waals surface area contributed by atoms with Gasteiger partial charge in [0.2, 0.25) is 0 Å². The minimum Gasteiger partial charge on any atom is -0.345 e. The van der Waals surface area contributed by atoms with Crippen LogP contribution in [0.2, 0.25) is 0 Å². The summed E-state index contributed by atoms with van der Waals surface area (Å²) in [6.07, 6.45) is 5.77. The Morgan fingerprint density at radius 1 is 1.09 bits per heavy atom. The van der Waals surface area contributed by atoms with E-state index in [0.29, 0.717) is 4.99 Å². The Kier molecular flexibility index (Phi) is 5.14. The lowest BCUT2D eigenvalue weighted by atomic mass is 10.1. The van der Waals surface area contributed by atoms with E-state index in [1.54, 1.807) is 6.20 Å². The zero-order valence-corrected chi connectivity index (χ0v) is 13.5. The van der Waals surface area contributed by atoms with Crippen molar-refractivity contribution in [1.82, 2.24) is 9.88 Å². The molecule has 0 radical (unpaired) electrons. The number of rotatable bonds is 4. The molecule has 1 aromatic heterocycles. The SMILES string of the molecule is S=C(Nc1cccc(CN2CCCCC2)c1)c1ccccn1. The van der Waals surface area contributed by atoms with E-state index in [1.807, 2.05) is 18.2 Å². The van der Waals surface area contributed by atoms with Crippen molar-refractivity contribution >= 4 is 22.9 Å². The summed E-state index contributed by atoms with van der Waals surface area (Å²) < 4.78 is 0. The number of hydrogen-bond acceptors (Lipinski definition) is 3. The lowest BCUT2D eigenvalue weighted by Gasteiger charge is -2.26. The monoisotopic (exact) mass is 311 g/mol. The first-order chi connectivity index (χ1) is 10.8. The molecule has 0 bridgehead atoms. The third-order valence-electron chi connectivity index (χ3n) is 3.94. The molecule has 2 aromatic rings. The summed E-state index contributed by atoms with van der Waals surface area (Å²) in [4.78, 5) is 7.47. The van der Waals surface area contributed by atoms with Crippen LogP contribution < -0.4 is 5.32 Å². The van der Waals surface area contributed by atoms with E-state index in [0.717, 1.165) is 17.9 Å². The van der Waals surface area contributed by atoms with Gasteiger partial charge in [-0.3, -0.25) is 9.88 Å². The van der Waals surface area contributed by atoms with Crippen molar-refractivity contribution in [2.24, 2.45) is 0 Å². The Morgan fingerprint density at radius 2 is 1.95 bits per heavy atom. The van der Waals surface area contributed by atoms with Crippen molar-refractivity contribution in [3.8, 4) is 0 Å². The highest BCUT2D eigenvalue weighted by Crippen LogP contribution is 2.16. The van der Waals surface area contributed by atoms with Crippen LogP contribution in [0.15, 0.2) is 48.7 Å². The van der Waals surface area contributed by atoms with E-state index < -0.39 is 0 Å². The molecule has 0 atom stereocenters. The van der Waals surface area contributed by atoms with E-state index in [1.165, 1.54) is 37.9 Å². The zero-order valence-electron chi connectivity index (χ0n) is 12.7. The summed E-state index contributed by atoms with van der Waals surface area (Å²) >= 11 is 5.42. The molecule has 0 spiro atoms. The Labute approximate surface area is 137 Å². The quantitative estimate of drug-likeness (QED) is 0.868. The number of thiocarbonyl (C=S) groups is 1. The average molecular weight is 311 g/mol. The molecule has 22 heavy (non-hydrogen) atoms. The second-order valence-electron chi connectivity index (χ2n) is 5.71. The minimum absolute atomic E-state index is 0.663. The summed E-state index contributed by atoms with van der Waals surface area (Å²) in [6, 6.07) is 14.3. The fourth-order valence-electron chi connectivity index (χ4n) is 2.82. The maximum Gasteiger partial charge on any atom is 0.129 e. The predicted octanol–water partition coefficient (Wildman–Crippen LogP) is 3.86. The Morgan fingerprint density at radius 3 is 2.73 bits per heavy atom. The van der Waals surface area contributed by atoms with Gasteiger partial charge in [-0.1, -0.05) is 36.8 Å². The molecule has 1 saturated heterocycles. The molecule has 0 unspecified atom stereocenters. The Hall–Kier alpha value is -1.78. The fourth-order valence-corrected chi connectivity index (χ4v) is 3.05. The lowest BCUT2D eigenvalue weighted by molar-refractivity contribution is 0.221. The van der Waals surface area contributed by atoms with Gasteiger partial charge in [-0.25, -0.2) is 0 Å². The van der Waals surface area contributed by atoms with Crippen LogP contribution in [0.4, 0.5) is 5.69 Å². The predicted molar refractivity (Wildman–Crippen MR) is 95.1 cm³/mol. The molecule has 0 aliphatic carbocycles.